The van der Waals surface area contributed by atoms with Crippen molar-refractivity contribution >= 4 is 39.8 Å². The number of rotatable bonds is 7. The summed E-state index contributed by atoms with van der Waals surface area (Å²) in [5.74, 6) is -2.81. The zero-order valence-corrected chi connectivity index (χ0v) is 20.5. The van der Waals surface area contributed by atoms with Gasteiger partial charge in [-0.25, -0.2) is 32.3 Å². The Morgan fingerprint density at radius 3 is 2.49 bits per heavy atom. The van der Waals surface area contributed by atoms with Crippen LogP contribution < -0.4 is 5.32 Å². The molecule has 3 aromatic heterocycles. The highest BCUT2D eigenvalue weighted by molar-refractivity contribution is 7.18. The number of esters is 2. The summed E-state index contributed by atoms with van der Waals surface area (Å²) in [6.07, 6.45) is -1.90. The van der Waals surface area contributed by atoms with E-state index in [2.05, 4.69) is 15.4 Å². The molecule has 0 fully saturated rings. The number of carbonyl (C=O) groups is 3. The average molecular weight is 533 g/mol. The average Bonchev–Trinajstić information content (AvgIpc) is 3.44. The van der Waals surface area contributed by atoms with Gasteiger partial charge in [0, 0.05) is 5.56 Å². The van der Waals surface area contributed by atoms with Crippen LogP contribution in [0.15, 0.2) is 36.5 Å². The Bertz CT molecular complexity index is 1520. The fourth-order valence-electron chi connectivity index (χ4n) is 3.58. The Morgan fingerprint density at radius 1 is 1.16 bits per heavy atom. The van der Waals surface area contributed by atoms with Gasteiger partial charge in [-0.15, -0.1) is 11.3 Å². The van der Waals surface area contributed by atoms with Gasteiger partial charge in [0.2, 0.25) is 0 Å². The molecule has 192 valence electrons. The number of carbonyl (C=O) groups excluding carboxylic acids is 3. The van der Waals surface area contributed by atoms with E-state index in [0.717, 1.165) is 47.4 Å². The van der Waals surface area contributed by atoms with Crippen molar-refractivity contribution in [2.45, 2.75) is 20.3 Å². The molecule has 3 heterocycles. The summed E-state index contributed by atoms with van der Waals surface area (Å²) >= 11 is 0.808. The maximum atomic E-state index is 13.8. The normalized spacial score (nSPS) is 11.1. The van der Waals surface area contributed by atoms with Gasteiger partial charge in [0.25, 0.3) is 12.3 Å². The second kappa shape index (κ2) is 10.4. The molecule has 0 atom stereocenters. The van der Waals surface area contributed by atoms with Gasteiger partial charge in [-0.05, 0) is 49.7 Å². The zero-order chi connectivity index (χ0) is 26.9. The van der Waals surface area contributed by atoms with Crippen LogP contribution in [-0.4, -0.2) is 46.2 Å². The van der Waals surface area contributed by atoms with Crippen LogP contribution in [0.5, 0.6) is 0 Å². The molecule has 0 spiro atoms. The van der Waals surface area contributed by atoms with Crippen LogP contribution in [0.3, 0.4) is 0 Å². The number of nitrogens with zero attached hydrogens (tertiary/aromatic N) is 3. The minimum atomic E-state index is -2.96. The van der Waals surface area contributed by atoms with Crippen LogP contribution in [0.25, 0.3) is 16.9 Å². The van der Waals surface area contributed by atoms with Gasteiger partial charge in [0.05, 0.1) is 31.2 Å². The number of methoxy groups -OCH3 is 1. The standard InChI is InChI=1S/C24H19F3N4O5S/c1-4-36-24(34)18-11(2)17(23(33)35-3)22(37-18)30-21(32)14-10-28-31-16(19(26)27)9-15(29-20(14)31)12-5-7-13(25)8-6-12/h5-10,19H,4H2,1-3H3,(H,30,32). The van der Waals surface area contributed by atoms with Gasteiger partial charge < -0.3 is 14.8 Å². The van der Waals surface area contributed by atoms with E-state index < -0.39 is 35.8 Å². The lowest BCUT2D eigenvalue weighted by Crippen LogP contribution is -2.15. The summed E-state index contributed by atoms with van der Waals surface area (Å²) in [5.41, 5.74) is -0.270. The molecule has 0 aliphatic heterocycles. The Morgan fingerprint density at radius 2 is 1.86 bits per heavy atom. The predicted octanol–water partition coefficient (Wildman–Crippen LogP) is 5.06. The van der Waals surface area contributed by atoms with Gasteiger partial charge in [0.15, 0.2) is 5.65 Å². The number of fused-ring (bicyclic) bond motifs is 1. The van der Waals surface area contributed by atoms with Crippen LogP contribution in [0.1, 0.15) is 55.0 Å². The monoisotopic (exact) mass is 532 g/mol. The first-order valence-electron chi connectivity index (χ1n) is 10.8. The first-order valence-corrected chi connectivity index (χ1v) is 11.6. The lowest BCUT2D eigenvalue weighted by Gasteiger charge is -2.09. The summed E-state index contributed by atoms with van der Waals surface area (Å²) < 4.78 is 51.7. The molecule has 0 saturated carbocycles. The van der Waals surface area contributed by atoms with Crippen molar-refractivity contribution in [3.8, 4) is 11.3 Å². The van der Waals surface area contributed by atoms with Crippen LogP contribution >= 0.6 is 11.3 Å². The van der Waals surface area contributed by atoms with Crippen LogP contribution in [0, 0.1) is 12.7 Å². The van der Waals surface area contributed by atoms with E-state index in [0.29, 0.717) is 5.56 Å². The summed E-state index contributed by atoms with van der Waals surface area (Å²) in [5, 5.41) is 6.43. The number of anilines is 1. The van der Waals surface area contributed by atoms with E-state index in [1.54, 1.807) is 6.92 Å². The molecular formula is C24H19F3N4O5S. The fraction of sp³-hybridized carbons (Fsp3) is 0.208. The molecule has 1 aromatic carbocycles. The number of amides is 1. The number of nitrogens with one attached hydrogen (secondary N) is 1. The third-order valence-corrected chi connectivity index (χ3v) is 6.52. The highest BCUT2D eigenvalue weighted by Crippen LogP contribution is 2.35. The second-order valence-electron chi connectivity index (χ2n) is 7.59. The van der Waals surface area contributed by atoms with Crippen molar-refractivity contribution in [1.82, 2.24) is 14.6 Å². The van der Waals surface area contributed by atoms with Crippen LogP contribution in [0.4, 0.5) is 18.2 Å². The fourth-order valence-corrected chi connectivity index (χ4v) is 4.67. The van der Waals surface area contributed by atoms with E-state index in [-0.39, 0.29) is 44.5 Å². The molecule has 0 aliphatic rings. The van der Waals surface area contributed by atoms with Gasteiger partial charge in [-0.3, -0.25) is 4.79 Å². The van der Waals surface area contributed by atoms with E-state index in [9.17, 15) is 27.6 Å². The number of thiophene rings is 1. The minimum absolute atomic E-state index is 0.000486. The molecule has 1 N–H and O–H groups in total. The highest BCUT2D eigenvalue weighted by Gasteiger charge is 2.28. The highest BCUT2D eigenvalue weighted by atomic mass is 32.1. The molecule has 0 aliphatic carbocycles. The van der Waals surface area contributed by atoms with Crippen molar-refractivity contribution in [2.75, 3.05) is 19.0 Å². The van der Waals surface area contributed by atoms with Gasteiger partial charge in [-0.1, -0.05) is 0 Å². The number of alkyl halides is 2. The first kappa shape index (κ1) is 25.8. The summed E-state index contributed by atoms with van der Waals surface area (Å²) in [7, 11) is 1.15. The molecule has 0 bridgehead atoms. The molecule has 0 saturated heterocycles. The van der Waals surface area contributed by atoms with E-state index in [4.69, 9.17) is 9.47 Å². The van der Waals surface area contributed by atoms with Gasteiger partial charge in [0.1, 0.15) is 27.0 Å². The maximum absolute atomic E-state index is 13.8. The number of hydrogen-bond acceptors (Lipinski definition) is 8. The molecule has 4 rings (SSSR count). The minimum Gasteiger partial charge on any atom is -0.465 e. The Labute approximate surface area is 211 Å². The molecule has 0 unspecified atom stereocenters. The van der Waals surface area contributed by atoms with Crippen molar-refractivity contribution < 1.29 is 37.0 Å². The number of aromatic nitrogens is 3. The number of ether oxygens (including phenoxy) is 2. The Balaban J connectivity index is 1.80. The number of halogens is 3. The third-order valence-electron chi connectivity index (χ3n) is 5.33. The van der Waals surface area contributed by atoms with E-state index >= 15 is 0 Å². The van der Waals surface area contributed by atoms with E-state index in [1.165, 1.54) is 19.1 Å². The zero-order valence-electron chi connectivity index (χ0n) is 19.7. The van der Waals surface area contributed by atoms with Crippen molar-refractivity contribution in [1.29, 1.82) is 0 Å². The maximum Gasteiger partial charge on any atom is 0.348 e. The van der Waals surface area contributed by atoms with Gasteiger partial charge >= 0.3 is 11.9 Å². The SMILES string of the molecule is CCOC(=O)c1sc(NC(=O)c2cnn3c(C(F)F)cc(-c4ccc(F)cc4)nc23)c(C(=O)OC)c1C. The van der Waals surface area contributed by atoms with Gasteiger partial charge in [-0.2, -0.15) is 5.10 Å². The lowest BCUT2D eigenvalue weighted by atomic mass is 10.1. The molecular weight excluding hydrogens is 513 g/mol. The Kier molecular flexibility index (Phi) is 7.25. The first-order chi connectivity index (χ1) is 17.7. The second-order valence-corrected chi connectivity index (χ2v) is 8.61. The lowest BCUT2D eigenvalue weighted by molar-refractivity contribution is 0.0531. The van der Waals surface area contributed by atoms with Crippen LogP contribution in [-0.2, 0) is 9.47 Å². The topological polar surface area (TPSA) is 112 Å². The molecule has 9 nitrogen and oxygen atoms in total. The summed E-state index contributed by atoms with van der Waals surface area (Å²) in [6.45, 7) is 3.23. The molecule has 1 amide bonds. The van der Waals surface area contributed by atoms with Crippen LogP contribution in [0.2, 0.25) is 0 Å². The Hall–Kier alpha value is -4.26. The van der Waals surface area contributed by atoms with Crippen molar-refractivity contribution in [2.24, 2.45) is 0 Å². The molecule has 0 radical (unpaired) electrons. The molecule has 37 heavy (non-hydrogen) atoms. The van der Waals surface area contributed by atoms with Crippen molar-refractivity contribution in [3.63, 3.8) is 0 Å². The number of benzene rings is 1. The largest absolute Gasteiger partial charge is 0.465 e. The summed E-state index contributed by atoms with van der Waals surface area (Å²) in [6, 6.07) is 6.15. The quantitative estimate of drug-likeness (QED) is 0.331. The number of hydrogen-bond donors (Lipinski definition) is 1. The molecule has 13 heteroatoms. The predicted molar refractivity (Wildman–Crippen MR) is 128 cm³/mol. The summed E-state index contributed by atoms with van der Waals surface area (Å²) in [4.78, 5) is 42.4. The smallest absolute Gasteiger partial charge is 0.348 e. The van der Waals surface area contributed by atoms with E-state index in [1.807, 2.05) is 0 Å². The molecule has 4 aromatic rings. The third kappa shape index (κ3) is 4.89. The van der Waals surface area contributed by atoms with Crippen molar-refractivity contribution in [3.05, 3.63) is 69.6 Å².